The maximum Gasteiger partial charge on any atom is 0.319 e. The van der Waals surface area contributed by atoms with Crippen molar-refractivity contribution in [1.29, 1.82) is 0 Å². The highest BCUT2D eigenvalue weighted by Gasteiger charge is 2.50. The summed E-state index contributed by atoms with van der Waals surface area (Å²) >= 11 is 0. The maximum absolute atomic E-state index is 12.3. The first kappa shape index (κ1) is 16.5. The fourth-order valence-corrected chi connectivity index (χ4v) is 6.54. The van der Waals surface area contributed by atoms with Crippen LogP contribution in [0.25, 0.3) is 0 Å². The van der Waals surface area contributed by atoms with Crippen LogP contribution in [0.5, 0.6) is 0 Å². The molecule has 5 aliphatic rings. The average Bonchev–Trinajstić information content (AvgIpc) is 2.53. The topological polar surface area (TPSA) is 44.4 Å². The number of rotatable bonds is 5. The Kier molecular flexibility index (Phi) is 4.10. The predicted octanol–water partition coefficient (Wildman–Crippen LogP) is 4.62. The van der Waals surface area contributed by atoms with Gasteiger partial charge in [0.1, 0.15) is 0 Å². The lowest BCUT2D eigenvalue weighted by molar-refractivity contribution is -0.0563. The van der Waals surface area contributed by atoms with Gasteiger partial charge in [-0.15, -0.1) is 0 Å². The molecule has 1 aliphatic heterocycles. The highest BCUT2D eigenvalue weighted by Crippen LogP contribution is 2.61. The number of carbonyl (C=O) groups excluding carboxylic acids is 1. The van der Waals surface area contributed by atoms with Crippen LogP contribution in [0.15, 0.2) is 24.3 Å². The molecule has 1 aromatic carbocycles. The predicted molar refractivity (Wildman–Crippen MR) is 106 cm³/mol. The van der Waals surface area contributed by atoms with Crippen LogP contribution >= 0.6 is 0 Å². The molecule has 2 N–H and O–H groups in total. The average molecular weight is 354 g/mol. The summed E-state index contributed by atoms with van der Waals surface area (Å²) in [5.41, 5.74) is 2.67. The molecule has 4 nitrogen and oxygen atoms in total. The smallest absolute Gasteiger partial charge is 0.319 e. The van der Waals surface area contributed by atoms with Gasteiger partial charge < -0.3 is 15.5 Å². The molecule has 1 aromatic rings. The monoisotopic (exact) mass is 353 g/mol. The molecule has 0 aromatic heterocycles. The van der Waals surface area contributed by atoms with E-state index in [-0.39, 0.29) is 6.03 Å². The number of urea groups is 1. The zero-order valence-electron chi connectivity index (χ0n) is 15.7. The van der Waals surface area contributed by atoms with E-state index in [9.17, 15) is 4.79 Å². The van der Waals surface area contributed by atoms with E-state index in [1.54, 1.807) is 0 Å². The van der Waals surface area contributed by atoms with Gasteiger partial charge in [-0.1, -0.05) is 0 Å². The Morgan fingerprint density at radius 3 is 2.15 bits per heavy atom. The number of carbonyl (C=O) groups is 1. The van der Waals surface area contributed by atoms with Crippen molar-refractivity contribution in [2.45, 2.75) is 51.4 Å². The normalized spacial score (nSPS) is 34.5. The minimum Gasteiger partial charge on any atom is -0.371 e. The van der Waals surface area contributed by atoms with E-state index in [1.807, 2.05) is 12.1 Å². The molecule has 4 heteroatoms. The molecule has 0 atom stereocenters. The Hall–Kier alpha value is -1.71. The summed E-state index contributed by atoms with van der Waals surface area (Å²) in [6.45, 7) is 3.11. The summed E-state index contributed by atoms with van der Waals surface area (Å²) in [7, 11) is 0. The lowest BCUT2D eigenvalue weighted by Gasteiger charge is -2.57. The number of anilines is 2. The van der Waals surface area contributed by atoms with Crippen LogP contribution in [-0.2, 0) is 0 Å². The van der Waals surface area contributed by atoms with Crippen molar-refractivity contribution < 1.29 is 4.79 Å². The molecule has 4 aliphatic carbocycles. The molecule has 0 radical (unpaired) electrons. The molecule has 0 unspecified atom stereocenters. The third-order valence-electron chi connectivity index (χ3n) is 7.45. The van der Waals surface area contributed by atoms with Gasteiger partial charge in [-0.25, -0.2) is 4.79 Å². The van der Waals surface area contributed by atoms with E-state index in [4.69, 9.17) is 0 Å². The minimum absolute atomic E-state index is 0.0635. The Bertz CT molecular complexity index is 629. The first-order chi connectivity index (χ1) is 12.7. The van der Waals surface area contributed by atoms with Crippen molar-refractivity contribution in [3.05, 3.63) is 24.3 Å². The second-order valence-corrected chi connectivity index (χ2v) is 9.44. The van der Waals surface area contributed by atoms with Crippen LogP contribution < -0.4 is 15.5 Å². The van der Waals surface area contributed by atoms with Gasteiger partial charge in [0.05, 0.1) is 0 Å². The molecule has 6 rings (SSSR count). The van der Waals surface area contributed by atoms with Crippen molar-refractivity contribution in [2.75, 3.05) is 29.9 Å². The second kappa shape index (κ2) is 6.47. The Labute approximate surface area is 156 Å². The summed E-state index contributed by atoms with van der Waals surface area (Å²) in [6.07, 6.45) is 11.2. The van der Waals surface area contributed by atoms with Gasteiger partial charge in [0.25, 0.3) is 0 Å². The van der Waals surface area contributed by atoms with Gasteiger partial charge in [0.2, 0.25) is 0 Å². The van der Waals surface area contributed by atoms with E-state index >= 15 is 0 Å². The molecule has 1 heterocycles. The Morgan fingerprint density at radius 2 is 1.62 bits per heavy atom. The van der Waals surface area contributed by atoms with E-state index in [2.05, 4.69) is 27.7 Å². The summed E-state index contributed by atoms with van der Waals surface area (Å²) in [5.74, 6) is 2.96. The summed E-state index contributed by atoms with van der Waals surface area (Å²) in [5, 5.41) is 6.09. The van der Waals surface area contributed by atoms with E-state index < -0.39 is 0 Å². The zero-order chi connectivity index (χ0) is 17.6. The Balaban J connectivity index is 1.10. The SMILES string of the molecule is O=C(NCCC12CC3CC(CC(C3)C1)C2)Nc1ccc(N2CCC2)cc1. The molecule has 26 heavy (non-hydrogen) atoms. The van der Waals surface area contributed by atoms with Gasteiger partial charge in [-0.2, -0.15) is 0 Å². The molecule has 0 spiro atoms. The quantitative estimate of drug-likeness (QED) is 0.811. The fraction of sp³-hybridized carbons (Fsp3) is 0.682. The van der Waals surface area contributed by atoms with E-state index in [0.29, 0.717) is 5.41 Å². The molecule has 140 valence electrons. The Morgan fingerprint density at radius 1 is 1.00 bits per heavy atom. The van der Waals surface area contributed by atoms with Gasteiger partial charge in [-0.3, -0.25) is 0 Å². The van der Waals surface area contributed by atoms with Crippen molar-refractivity contribution in [1.82, 2.24) is 5.32 Å². The third kappa shape index (κ3) is 3.19. The first-order valence-electron chi connectivity index (χ1n) is 10.6. The molecular weight excluding hydrogens is 322 g/mol. The molecule has 2 amide bonds. The fourth-order valence-electron chi connectivity index (χ4n) is 6.54. The van der Waals surface area contributed by atoms with Gasteiger partial charge in [0.15, 0.2) is 0 Å². The van der Waals surface area contributed by atoms with Crippen LogP contribution in [0.3, 0.4) is 0 Å². The highest BCUT2D eigenvalue weighted by atomic mass is 16.2. The van der Waals surface area contributed by atoms with Crippen LogP contribution in [0.1, 0.15) is 51.4 Å². The summed E-state index contributed by atoms with van der Waals surface area (Å²) in [4.78, 5) is 14.6. The first-order valence-corrected chi connectivity index (χ1v) is 10.6. The minimum atomic E-state index is -0.0635. The van der Waals surface area contributed by atoms with Crippen molar-refractivity contribution >= 4 is 17.4 Å². The molecule has 4 bridgehead atoms. The zero-order valence-corrected chi connectivity index (χ0v) is 15.7. The molecule has 5 fully saturated rings. The van der Waals surface area contributed by atoms with Crippen LogP contribution in [0.2, 0.25) is 0 Å². The number of nitrogens with one attached hydrogen (secondary N) is 2. The van der Waals surface area contributed by atoms with Gasteiger partial charge >= 0.3 is 6.03 Å². The van der Waals surface area contributed by atoms with Crippen LogP contribution in [0, 0.1) is 23.2 Å². The van der Waals surface area contributed by atoms with Crippen molar-refractivity contribution in [3.63, 3.8) is 0 Å². The number of hydrogen-bond donors (Lipinski definition) is 2. The van der Waals surface area contributed by atoms with Crippen molar-refractivity contribution in [3.8, 4) is 0 Å². The highest BCUT2D eigenvalue weighted by molar-refractivity contribution is 5.89. The molecular formula is C22H31N3O. The number of amides is 2. The largest absolute Gasteiger partial charge is 0.371 e. The lowest BCUT2D eigenvalue weighted by Crippen LogP contribution is -2.47. The summed E-state index contributed by atoms with van der Waals surface area (Å²) in [6, 6.07) is 8.15. The van der Waals surface area contributed by atoms with Gasteiger partial charge in [0, 0.05) is 31.0 Å². The van der Waals surface area contributed by atoms with Crippen LogP contribution in [0.4, 0.5) is 16.2 Å². The number of nitrogens with zero attached hydrogens (tertiary/aromatic N) is 1. The van der Waals surface area contributed by atoms with E-state index in [1.165, 1.54) is 50.6 Å². The second-order valence-electron chi connectivity index (χ2n) is 9.44. The number of hydrogen-bond acceptors (Lipinski definition) is 2. The van der Waals surface area contributed by atoms with E-state index in [0.717, 1.165) is 49.5 Å². The summed E-state index contributed by atoms with van der Waals surface area (Å²) < 4.78 is 0. The standard InChI is InChI=1S/C22H31N3O/c26-21(24-19-2-4-20(5-3-19)25-8-1-9-25)23-7-6-22-13-16-10-17(14-22)12-18(11-16)15-22/h2-5,16-18H,1,6-15H2,(H2,23,24,26). The lowest BCUT2D eigenvalue weighted by atomic mass is 9.49. The van der Waals surface area contributed by atoms with Crippen LogP contribution in [-0.4, -0.2) is 25.7 Å². The molecule has 1 saturated heterocycles. The third-order valence-corrected chi connectivity index (χ3v) is 7.45. The number of benzene rings is 1. The maximum atomic E-state index is 12.3. The van der Waals surface area contributed by atoms with Gasteiger partial charge in [-0.05, 0) is 98.8 Å². The molecule has 4 saturated carbocycles. The van der Waals surface area contributed by atoms with Crippen molar-refractivity contribution in [2.24, 2.45) is 23.2 Å².